The van der Waals surface area contributed by atoms with Gasteiger partial charge in [0.2, 0.25) is 5.91 Å². The number of rotatable bonds is 5. The van der Waals surface area contributed by atoms with Crippen molar-refractivity contribution in [2.24, 2.45) is 0 Å². The van der Waals surface area contributed by atoms with Crippen molar-refractivity contribution in [1.82, 2.24) is 0 Å². The maximum atomic E-state index is 12.1. The molecule has 0 aliphatic rings. The van der Waals surface area contributed by atoms with Crippen molar-refractivity contribution >= 4 is 22.4 Å². The molecule has 0 bridgehead atoms. The van der Waals surface area contributed by atoms with Gasteiger partial charge in [0.1, 0.15) is 5.75 Å². The van der Waals surface area contributed by atoms with Crippen LogP contribution < -0.4 is 10.1 Å². The lowest BCUT2D eigenvalue weighted by Gasteiger charge is -2.08. The summed E-state index contributed by atoms with van der Waals surface area (Å²) in [6.07, 6.45) is 0.236. The number of amides is 1. The summed E-state index contributed by atoms with van der Waals surface area (Å²) in [6.45, 7) is -2.86. The maximum Gasteiger partial charge on any atom is 0.387 e. The van der Waals surface area contributed by atoms with Gasteiger partial charge in [-0.15, -0.1) is 0 Å². The maximum absolute atomic E-state index is 12.1. The summed E-state index contributed by atoms with van der Waals surface area (Å²) in [4.78, 5) is 12.1. The van der Waals surface area contributed by atoms with Gasteiger partial charge in [0.15, 0.2) is 0 Å². The Bertz CT molecular complexity index is 847. The first-order valence-electron chi connectivity index (χ1n) is 7.42. The second kappa shape index (κ2) is 7.08. The highest BCUT2D eigenvalue weighted by Crippen LogP contribution is 2.19. The largest absolute Gasteiger partial charge is 0.435 e. The first-order valence-corrected chi connectivity index (χ1v) is 7.42. The first-order chi connectivity index (χ1) is 11.6. The van der Waals surface area contributed by atoms with Crippen molar-refractivity contribution < 1.29 is 18.3 Å². The third-order valence-electron chi connectivity index (χ3n) is 3.54. The Kier molecular flexibility index (Phi) is 4.70. The lowest BCUT2D eigenvalue weighted by atomic mass is 10.0. The monoisotopic (exact) mass is 327 g/mol. The Morgan fingerprint density at radius 1 is 0.958 bits per heavy atom. The third kappa shape index (κ3) is 4.07. The van der Waals surface area contributed by atoms with Crippen LogP contribution in [0.5, 0.6) is 5.75 Å². The minimum atomic E-state index is -2.86. The number of ether oxygens (including phenoxy) is 1. The molecule has 0 fully saturated rings. The Hall–Kier alpha value is -2.95. The molecule has 3 aromatic rings. The van der Waals surface area contributed by atoms with Crippen molar-refractivity contribution in [1.29, 1.82) is 0 Å². The zero-order chi connectivity index (χ0) is 16.9. The zero-order valence-electron chi connectivity index (χ0n) is 12.7. The number of fused-ring (bicyclic) bond motifs is 1. The van der Waals surface area contributed by atoms with Crippen LogP contribution in [0.4, 0.5) is 14.5 Å². The summed E-state index contributed by atoms with van der Waals surface area (Å²) in [6, 6.07) is 19.6. The number of anilines is 1. The standard InChI is InChI=1S/C19H15F2NO2/c20-19(21)24-17-9-7-16(8-10-17)22-18(23)12-13-5-6-14-3-1-2-4-15(14)11-13/h1-11,19H,12H2,(H,22,23). The molecule has 1 amide bonds. The molecule has 0 saturated heterocycles. The van der Waals surface area contributed by atoms with E-state index in [1.165, 1.54) is 24.3 Å². The van der Waals surface area contributed by atoms with E-state index in [1.807, 2.05) is 42.5 Å². The molecule has 24 heavy (non-hydrogen) atoms. The van der Waals surface area contributed by atoms with Gasteiger partial charge < -0.3 is 10.1 Å². The molecule has 0 atom stereocenters. The predicted octanol–water partition coefficient (Wildman–Crippen LogP) is 4.62. The smallest absolute Gasteiger partial charge is 0.387 e. The van der Waals surface area contributed by atoms with E-state index in [-0.39, 0.29) is 18.1 Å². The van der Waals surface area contributed by atoms with Crippen LogP contribution in [0.25, 0.3) is 10.8 Å². The molecule has 0 aliphatic carbocycles. The lowest BCUT2D eigenvalue weighted by molar-refractivity contribution is -0.115. The number of alkyl halides is 2. The summed E-state index contributed by atoms with van der Waals surface area (Å²) >= 11 is 0. The van der Waals surface area contributed by atoms with Crippen LogP contribution in [0.3, 0.4) is 0 Å². The van der Waals surface area contributed by atoms with Crippen LogP contribution in [0.2, 0.25) is 0 Å². The Morgan fingerprint density at radius 3 is 2.38 bits per heavy atom. The van der Waals surface area contributed by atoms with E-state index in [9.17, 15) is 13.6 Å². The minimum absolute atomic E-state index is 0.0533. The Labute approximate surface area is 137 Å². The topological polar surface area (TPSA) is 38.3 Å². The predicted molar refractivity (Wildman–Crippen MR) is 89.4 cm³/mol. The molecule has 0 saturated carbocycles. The molecule has 0 aliphatic heterocycles. The van der Waals surface area contributed by atoms with Crippen molar-refractivity contribution in [3.8, 4) is 5.75 Å². The fourth-order valence-electron chi connectivity index (χ4n) is 2.46. The van der Waals surface area contributed by atoms with Gasteiger partial charge in [-0.3, -0.25) is 4.79 Å². The van der Waals surface area contributed by atoms with Gasteiger partial charge >= 0.3 is 6.61 Å². The van der Waals surface area contributed by atoms with E-state index < -0.39 is 6.61 Å². The van der Waals surface area contributed by atoms with E-state index in [1.54, 1.807) is 0 Å². The molecule has 1 N–H and O–H groups in total. The van der Waals surface area contributed by atoms with Crippen LogP contribution in [-0.4, -0.2) is 12.5 Å². The molecule has 3 nitrogen and oxygen atoms in total. The molecule has 0 aromatic heterocycles. The number of carbonyl (C=O) groups is 1. The molecule has 5 heteroatoms. The third-order valence-corrected chi connectivity index (χ3v) is 3.54. The van der Waals surface area contributed by atoms with Gasteiger partial charge in [-0.1, -0.05) is 42.5 Å². The van der Waals surface area contributed by atoms with Gasteiger partial charge in [0, 0.05) is 5.69 Å². The fraction of sp³-hybridized carbons (Fsp3) is 0.105. The summed E-state index contributed by atoms with van der Waals surface area (Å²) in [7, 11) is 0. The Balaban J connectivity index is 1.64. The summed E-state index contributed by atoms with van der Waals surface area (Å²) in [5.74, 6) is -0.120. The van der Waals surface area contributed by atoms with Gasteiger partial charge in [-0.05, 0) is 40.6 Å². The molecule has 3 aromatic carbocycles. The van der Waals surface area contributed by atoms with Gasteiger partial charge in [-0.2, -0.15) is 8.78 Å². The molecular formula is C19H15F2NO2. The highest BCUT2D eigenvalue weighted by atomic mass is 19.3. The second-order valence-corrected chi connectivity index (χ2v) is 5.31. The molecule has 3 rings (SSSR count). The number of carbonyl (C=O) groups excluding carboxylic acids is 1. The number of halogens is 2. The SMILES string of the molecule is O=C(Cc1ccc2ccccc2c1)Nc1ccc(OC(F)F)cc1. The molecule has 0 heterocycles. The van der Waals surface area contributed by atoms with E-state index in [0.717, 1.165) is 16.3 Å². The molecule has 122 valence electrons. The minimum Gasteiger partial charge on any atom is -0.435 e. The molecular weight excluding hydrogens is 312 g/mol. The number of nitrogens with one attached hydrogen (secondary N) is 1. The van der Waals surface area contributed by atoms with Crippen molar-refractivity contribution in [2.45, 2.75) is 13.0 Å². The summed E-state index contributed by atoms with van der Waals surface area (Å²) in [5, 5.41) is 4.94. The molecule has 0 unspecified atom stereocenters. The van der Waals surface area contributed by atoms with Gasteiger partial charge in [-0.25, -0.2) is 0 Å². The van der Waals surface area contributed by atoms with Crippen LogP contribution in [0.15, 0.2) is 66.7 Å². The number of benzene rings is 3. The van der Waals surface area contributed by atoms with Crippen LogP contribution >= 0.6 is 0 Å². The van der Waals surface area contributed by atoms with Crippen molar-refractivity contribution in [3.63, 3.8) is 0 Å². The zero-order valence-corrected chi connectivity index (χ0v) is 12.7. The lowest BCUT2D eigenvalue weighted by Crippen LogP contribution is -2.14. The quantitative estimate of drug-likeness (QED) is 0.742. The Morgan fingerprint density at radius 2 is 1.67 bits per heavy atom. The first kappa shape index (κ1) is 15.9. The fourth-order valence-corrected chi connectivity index (χ4v) is 2.46. The average molecular weight is 327 g/mol. The number of hydrogen-bond acceptors (Lipinski definition) is 2. The molecule has 0 spiro atoms. The van der Waals surface area contributed by atoms with Gasteiger partial charge in [0.05, 0.1) is 6.42 Å². The van der Waals surface area contributed by atoms with E-state index in [0.29, 0.717) is 5.69 Å². The highest BCUT2D eigenvalue weighted by molar-refractivity contribution is 5.93. The van der Waals surface area contributed by atoms with Crippen molar-refractivity contribution in [2.75, 3.05) is 5.32 Å². The number of hydrogen-bond donors (Lipinski definition) is 1. The van der Waals surface area contributed by atoms with Crippen LogP contribution in [0.1, 0.15) is 5.56 Å². The normalized spacial score (nSPS) is 10.8. The second-order valence-electron chi connectivity index (χ2n) is 5.31. The van der Waals surface area contributed by atoms with Crippen LogP contribution in [-0.2, 0) is 11.2 Å². The van der Waals surface area contributed by atoms with E-state index in [4.69, 9.17) is 0 Å². The van der Waals surface area contributed by atoms with Gasteiger partial charge in [0.25, 0.3) is 0 Å². The van der Waals surface area contributed by atoms with Crippen molar-refractivity contribution in [3.05, 3.63) is 72.3 Å². The molecule has 0 radical (unpaired) electrons. The highest BCUT2D eigenvalue weighted by Gasteiger charge is 2.07. The summed E-state index contributed by atoms with van der Waals surface area (Å²) in [5.41, 5.74) is 1.44. The van der Waals surface area contributed by atoms with E-state index >= 15 is 0 Å². The van der Waals surface area contributed by atoms with E-state index in [2.05, 4.69) is 10.1 Å². The summed E-state index contributed by atoms with van der Waals surface area (Å²) < 4.78 is 28.4. The van der Waals surface area contributed by atoms with Crippen LogP contribution in [0, 0.1) is 0 Å². The average Bonchev–Trinajstić information content (AvgIpc) is 2.56.